The van der Waals surface area contributed by atoms with E-state index < -0.39 is 0 Å². The summed E-state index contributed by atoms with van der Waals surface area (Å²) in [5, 5.41) is 0. The van der Waals surface area contributed by atoms with Gasteiger partial charge < -0.3 is 0 Å². The predicted octanol–water partition coefficient (Wildman–Crippen LogP) is 1.06. The van der Waals surface area contributed by atoms with E-state index in [0.717, 1.165) is 12.8 Å². The van der Waals surface area contributed by atoms with Crippen LogP contribution in [-0.2, 0) is 14.4 Å². The first-order chi connectivity index (χ1) is 7.11. The van der Waals surface area contributed by atoms with E-state index in [9.17, 15) is 14.4 Å². The van der Waals surface area contributed by atoms with Crippen molar-refractivity contribution in [1.29, 1.82) is 0 Å². The summed E-state index contributed by atoms with van der Waals surface area (Å²) in [6, 6.07) is 0. The molecule has 1 heterocycles. The van der Waals surface area contributed by atoms with Crippen LogP contribution in [0.15, 0.2) is 12.2 Å². The van der Waals surface area contributed by atoms with E-state index in [2.05, 4.69) is 0 Å². The monoisotopic (exact) mass is 209 g/mol. The van der Waals surface area contributed by atoms with E-state index in [1.54, 1.807) is 6.08 Å². The molecule has 1 aliphatic heterocycles. The number of rotatable bonds is 5. The Morgan fingerprint density at radius 3 is 2.47 bits per heavy atom. The first-order valence-corrected chi connectivity index (χ1v) is 5.11. The predicted molar refractivity (Wildman–Crippen MR) is 55.0 cm³/mol. The van der Waals surface area contributed by atoms with Crippen LogP contribution in [0.25, 0.3) is 0 Å². The molecule has 0 atom stereocenters. The average molecular weight is 209 g/mol. The van der Waals surface area contributed by atoms with Gasteiger partial charge in [-0.25, -0.2) is 0 Å². The number of hydrogen-bond acceptors (Lipinski definition) is 3. The molecule has 1 fully saturated rings. The number of carbonyl (C=O) groups is 3. The van der Waals surface area contributed by atoms with Crippen molar-refractivity contribution in [3.8, 4) is 0 Å². The number of imide groups is 1. The Hall–Kier alpha value is -1.45. The smallest absolute Gasteiger partial charge is 0.229 e. The van der Waals surface area contributed by atoms with Gasteiger partial charge in [-0.05, 0) is 25.8 Å². The molecule has 0 aromatic heterocycles. The van der Waals surface area contributed by atoms with Gasteiger partial charge in [-0.3, -0.25) is 19.3 Å². The molecule has 1 rings (SSSR count). The van der Waals surface area contributed by atoms with Gasteiger partial charge in [0.15, 0.2) is 5.78 Å². The van der Waals surface area contributed by atoms with E-state index in [4.69, 9.17) is 0 Å². The van der Waals surface area contributed by atoms with Gasteiger partial charge in [0.2, 0.25) is 11.8 Å². The average Bonchev–Trinajstić information content (AvgIpc) is 2.47. The minimum atomic E-state index is -0.0736. The molecule has 4 nitrogen and oxygen atoms in total. The van der Waals surface area contributed by atoms with Gasteiger partial charge in [-0.2, -0.15) is 0 Å². The van der Waals surface area contributed by atoms with Crippen LogP contribution in [0.3, 0.4) is 0 Å². The number of unbranched alkanes of at least 4 members (excludes halogenated alkanes) is 1. The highest BCUT2D eigenvalue weighted by molar-refractivity contribution is 6.01. The molecule has 4 heteroatoms. The molecule has 2 amide bonds. The van der Waals surface area contributed by atoms with Crippen molar-refractivity contribution in [1.82, 2.24) is 4.90 Å². The summed E-state index contributed by atoms with van der Waals surface area (Å²) >= 11 is 0. The van der Waals surface area contributed by atoms with Crippen molar-refractivity contribution >= 4 is 17.6 Å². The Labute approximate surface area is 88.9 Å². The summed E-state index contributed by atoms with van der Waals surface area (Å²) in [6.07, 6.45) is 5.42. The van der Waals surface area contributed by atoms with Crippen molar-refractivity contribution in [3.05, 3.63) is 12.2 Å². The maximum atomic E-state index is 11.2. The van der Waals surface area contributed by atoms with Gasteiger partial charge in [0, 0.05) is 19.4 Å². The molecule has 0 spiro atoms. The van der Waals surface area contributed by atoms with Crippen LogP contribution in [0.1, 0.15) is 32.6 Å². The maximum absolute atomic E-state index is 11.2. The number of carbonyl (C=O) groups excluding carboxylic acids is 3. The molecule has 82 valence electrons. The molecule has 1 aliphatic rings. The van der Waals surface area contributed by atoms with E-state index in [0.29, 0.717) is 19.4 Å². The Morgan fingerprint density at radius 1 is 1.33 bits per heavy atom. The van der Waals surface area contributed by atoms with E-state index in [-0.39, 0.29) is 17.6 Å². The van der Waals surface area contributed by atoms with Gasteiger partial charge in [0.1, 0.15) is 0 Å². The van der Waals surface area contributed by atoms with Crippen molar-refractivity contribution in [2.75, 3.05) is 6.54 Å². The lowest BCUT2D eigenvalue weighted by atomic mass is 10.2. The fourth-order valence-electron chi connectivity index (χ4n) is 1.49. The fourth-order valence-corrected chi connectivity index (χ4v) is 1.49. The van der Waals surface area contributed by atoms with Gasteiger partial charge in [-0.1, -0.05) is 6.08 Å². The number of ketones is 1. The molecule has 1 saturated heterocycles. The van der Waals surface area contributed by atoms with Crippen molar-refractivity contribution in [2.24, 2.45) is 0 Å². The molecule has 0 N–H and O–H groups in total. The topological polar surface area (TPSA) is 54.5 Å². The molecule has 0 aromatic rings. The molecule has 0 bridgehead atoms. The van der Waals surface area contributed by atoms with Crippen LogP contribution in [0.2, 0.25) is 0 Å². The summed E-state index contributed by atoms with van der Waals surface area (Å²) in [6.45, 7) is 1.96. The summed E-state index contributed by atoms with van der Waals surface area (Å²) in [5.74, 6) is -0.130. The minimum absolute atomic E-state index is 0.0170. The van der Waals surface area contributed by atoms with E-state index >= 15 is 0 Å². The molecule has 0 radical (unpaired) electrons. The zero-order chi connectivity index (χ0) is 11.3. The zero-order valence-electron chi connectivity index (χ0n) is 8.86. The van der Waals surface area contributed by atoms with Gasteiger partial charge in [0.25, 0.3) is 0 Å². The molecule has 0 aliphatic carbocycles. The second-order valence-corrected chi connectivity index (χ2v) is 3.59. The molecular weight excluding hydrogens is 194 g/mol. The second kappa shape index (κ2) is 5.44. The Morgan fingerprint density at radius 2 is 1.93 bits per heavy atom. The first kappa shape index (κ1) is 11.6. The van der Waals surface area contributed by atoms with Gasteiger partial charge >= 0.3 is 0 Å². The van der Waals surface area contributed by atoms with Crippen LogP contribution in [0.5, 0.6) is 0 Å². The van der Waals surface area contributed by atoms with Crippen molar-refractivity contribution < 1.29 is 14.4 Å². The molecule has 0 aromatic carbocycles. The SMILES string of the molecule is CC(=O)/C=C/CCCN1C(=O)CCC1=O. The maximum Gasteiger partial charge on any atom is 0.229 e. The number of allylic oxidation sites excluding steroid dienone is 2. The highest BCUT2D eigenvalue weighted by atomic mass is 16.2. The number of nitrogens with zero attached hydrogens (tertiary/aromatic N) is 1. The normalized spacial score (nSPS) is 16.7. The highest BCUT2D eigenvalue weighted by Crippen LogP contribution is 2.12. The lowest BCUT2D eigenvalue weighted by molar-refractivity contribution is -0.138. The quantitative estimate of drug-likeness (QED) is 0.386. The Bertz CT molecular complexity index is 291. The first-order valence-electron chi connectivity index (χ1n) is 5.11. The van der Waals surface area contributed by atoms with Crippen LogP contribution in [0.4, 0.5) is 0 Å². The minimum Gasteiger partial charge on any atom is -0.295 e. The summed E-state index contributed by atoms with van der Waals surface area (Å²) in [4.78, 5) is 34.2. The summed E-state index contributed by atoms with van der Waals surface area (Å²) < 4.78 is 0. The van der Waals surface area contributed by atoms with Gasteiger partial charge in [-0.15, -0.1) is 0 Å². The second-order valence-electron chi connectivity index (χ2n) is 3.59. The van der Waals surface area contributed by atoms with Crippen molar-refractivity contribution in [2.45, 2.75) is 32.6 Å². The van der Waals surface area contributed by atoms with Crippen molar-refractivity contribution in [3.63, 3.8) is 0 Å². The third-order valence-corrected chi connectivity index (χ3v) is 2.26. The largest absolute Gasteiger partial charge is 0.295 e. The molecule has 0 unspecified atom stereocenters. The molecule has 15 heavy (non-hydrogen) atoms. The number of hydrogen-bond donors (Lipinski definition) is 0. The third kappa shape index (κ3) is 3.65. The zero-order valence-corrected chi connectivity index (χ0v) is 8.86. The third-order valence-electron chi connectivity index (χ3n) is 2.26. The number of amides is 2. The lowest BCUT2D eigenvalue weighted by Crippen LogP contribution is -2.29. The van der Waals surface area contributed by atoms with E-state index in [1.165, 1.54) is 17.9 Å². The van der Waals surface area contributed by atoms with Crippen LogP contribution < -0.4 is 0 Å². The van der Waals surface area contributed by atoms with Gasteiger partial charge in [0.05, 0.1) is 0 Å². The highest BCUT2D eigenvalue weighted by Gasteiger charge is 2.27. The Kier molecular flexibility index (Phi) is 4.21. The van der Waals surface area contributed by atoms with E-state index in [1.807, 2.05) is 0 Å². The summed E-state index contributed by atoms with van der Waals surface area (Å²) in [7, 11) is 0. The van der Waals surface area contributed by atoms with Crippen LogP contribution in [0, 0.1) is 0 Å². The fraction of sp³-hybridized carbons (Fsp3) is 0.545. The standard InChI is InChI=1S/C11H15NO3/c1-9(13)5-3-2-4-8-12-10(14)6-7-11(12)15/h3,5H,2,4,6-8H2,1H3/b5-3+. The Balaban J connectivity index is 2.23. The molecular formula is C11H15NO3. The molecule has 0 saturated carbocycles. The lowest BCUT2D eigenvalue weighted by Gasteiger charge is -2.12. The number of likely N-dealkylation sites (tertiary alicyclic amines) is 1. The summed E-state index contributed by atoms with van der Waals surface area (Å²) in [5.41, 5.74) is 0. The van der Waals surface area contributed by atoms with Crippen LogP contribution >= 0.6 is 0 Å². The van der Waals surface area contributed by atoms with Crippen LogP contribution in [-0.4, -0.2) is 29.0 Å².